The highest BCUT2D eigenvalue weighted by molar-refractivity contribution is 5.88. The summed E-state index contributed by atoms with van der Waals surface area (Å²) in [4.78, 5) is 0. The van der Waals surface area contributed by atoms with Crippen molar-refractivity contribution in [1.82, 2.24) is 5.32 Å². The molecule has 1 aliphatic heterocycles. The normalized spacial score (nSPS) is 17.5. The summed E-state index contributed by atoms with van der Waals surface area (Å²) >= 11 is 0. The Balaban J connectivity index is 1.97. The van der Waals surface area contributed by atoms with Gasteiger partial charge in [0, 0.05) is 6.54 Å². The highest BCUT2D eigenvalue weighted by Gasteiger charge is 2.23. The van der Waals surface area contributed by atoms with E-state index in [2.05, 4.69) is 73.8 Å². The minimum Gasteiger partial charge on any atom is -0.306 e. The minimum atomic E-state index is 0.302. The Morgan fingerprint density at radius 2 is 1.82 bits per heavy atom. The van der Waals surface area contributed by atoms with Crippen LogP contribution in [0.3, 0.4) is 0 Å². The van der Waals surface area contributed by atoms with E-state index in [1.807, 2.05) is 0 Å². The Morgan fingerprint density at radius 1 is 0.955 bits per heavy atom. The lowest BCUT2D eigenvalue weighted by atomic mass is 9.85. The van der Waals surface area contributed by atoms with Crippen molar-refractivity contribution in [3.8, 4) is 0 Å². The van der Waals surface area contributed by atoms with Crippen molar-refractivity contribution in [2.75, 3.05) is 6.54 Å². The highest BCUT2D eigenvalue weighted by Crippen LogP contribution is 2.35. The monoisotopic (exact) mass is 287 g/mol. The van der Waals surface area contributed by atoms with Gasteiger partial charge in [-0.2, -0.15) is 0 Å². The first-order valence-corrected chi connectivity index (χ1v) is 8.05. The Kier molecular flexibility index (Phi) is 3.24. The van der Waals surface area contributed by atoms with E-state index in [4.69, 9.17) is 0 Å². The fourth-order valence-corrected chi connectivity index (χ4v) is 3.73. The van der Waals surface area contributed by atoms with Gasteiger partial charge in [-0.15, -0.1) is 0 Å². The molecule has 0 radical (unpaired) electrons. The molecular weight excluding hydrogens is 266 g/mol. The number of nitrogens with one attached hydrogen (secondary N) is 1. The largest absolute Gasteiger partial charge is 0.306 e. The van der Waals surface area contributed by atoms with Crippen LogP contribution in [0.15, 0.2) is 54.6 Å². The molecule has 1 N–H and O–H groups in total. The summed E-state index contributed by atoms with van der Waals surface area (Å²) in [5.41, 5.74) is 7.04. The number of benzene rings is 3. The van der Waals surface area contributed by atoms with Crippen LogP contribution < -0.4 is 5.32 Å². The lowest BCUT2D eigenvalue weighted by molar-refractivity contribution is 0.569. The van der Waals surface area contributed by atoms with Crippen LogP contribution in [-0.2, 0) is 6.42 Å². The Labute approximate surface area is 132 Å². The minimum absolute atomic E-state index is 0.302. The summed E-state index contributed by atoms with van der Waals surface area (Å²) in [5.74, 6) is 0. The first-order chi connectivity index (χ1) is 10.7. The molecule has 0 saturated heterocycles. The van der Waals surface area contributed by atoms with Crippen molar-refractivity contribution in [3.05, 3.63) is 82.4 Å². The Morgan fingerprint density at radius 3 is 2.73 bits per heavy atom. The maximum atomic E-state index is 3.74. The van der Waals surface area contributed by atoms with Crippen LogP contribution in [0.2, 0.25) is 0 Å². The van der Waals surface area contributed by atoms with Crippen molar-refractivity contribution in [1.29, 1.82) is 0 Å². The third kappa shape index (κ3) is 2.13. The fourth-order valence-electron chi connectivity index (χ4n) is 3.73. The van der Waals surface area contributed by atoms with Gasteiger partial charge in [0.1, 0.15) is 0 Å². The summed E-state index contributed by atoms with van der Waals surface area (Å²) in [6.45, 7) is 5.43. The van der Waals surface area contributed by atoms with Crippen LogP contribution in [0, 0.1) is 13.8 Å². The van der Waals surface area contributed by atoms with Gasteiger partial charge in [-0.25, -0.2) is 0 Å². The molecule has 3 aromatic rings. The average molecular weight is 287 g/mol. The number of rotatable bonds is 1. The second-order valence-corrected chi connectivity index (χ2v) is 6.36. The summed E-state index contributed by atoms with van der Waals surface area (Å²) in [6.07, 6.45) is 1.12. The van der Waals surface area contributed by atoms with Crippen LogP contribution in [0.5, 0.6) is 0 Å². The number of hydrogen-bond donors (Lipinski definition) is 1. The van der Waals surface area contributed by atoms with Crippen molar-refractivity contribution >= 4 is 10.8 Å². The zero-order valence-corrected chi connectivity index (χ0v) is 13.2. The molecule has 0 aromatic heterocycles. The van der Waals surface area contributed by atoms with Crippen molar-refractivity contribution in [2.24, 2.45) is 0 Å². The summed E-state index contributed by atoms with van der Waals surface area (Å²) < 4.78 is 0. The van der Waals surface area contributed by atoms with Crippen LogP contribution in [-0.4, -0.2) is 6.54 Å². The van der Waals surface area contributed by atoms with Gasteiger partial charge in [-0.1, -0.05) is 60.2 Å². The van der Waals surface area contributed by atoms with E-state index < -0.39 is 0 Å². The number of aryl methyl sites for hydroxylation is 2. The molecule has 0 amide bonds. The van der Waals surface area contributed by atoms with Gasteiger partial charge in [-0.05, 0) is 53.3 Å². The van der Waals surface area contributed by atoms with Gasteiger partial charge < -0.3 is 5.32 Å². The van der Waals surface area contributed by atoms with E-state index in [9.17, 15) is 0 Å². The van der Waals surface area contributed by atoms with Crippen molar-refractivity contribution in [3.63, 3.8) is 0 Å². The SMILES string of the molecule is Cc1ccc2c(C3NCCc4ccccc43)c(C)ccc2c1. The maximum Gasteiger partial charge on any atom is 0.0588 e. The van der Waals surface area contributed by atoms with Crippen molar-refractivity contribution < 1.29 is 0 Å². The molecule has 4 rings (SSSR count). The zero-order valence-electron chi connectivity index (χ0n) is 13.2. The highest BCUT2D eigenvalue weighted by atomic mass is 14.9. The molecule has 22 heavy (non-hydrogen) atoms. The van der Waals surface area contributed by atoms with Gasteiger partial charge >= 0.3 is 0 Å². The molecule has 1 aliphatic rings. The summed E-state index contributed by atoms with van der Waals surface area (Å²) in [7, 11) is 0. The quantitative estimate of drug-likeness (QED) is 0.684. The van der Waals surface area contributed by atoms with Gasteiger partial charge in [0.05, 0.1) is 6.04 Å². The molecule has 0 fully saturated rings. The average Bonchev–Trinajstić information content (AvgIpc) is 2.55. The zero-order chi connectivity index (χ0) is 15.1. The van der Waals surface area contributed by atoms with Crippen LogP contribution >= 0.6 is 0 Å². The molecule has 0 saturated carbocycles. The molecule has 1 heteroatoms. The fraction of sp³-hybridized carbons (Fsp3) is 0.238. The molecule has 1 nitrogen and oxygen atoms in total. The molecule has 1 unspecified atom stereocenters. The van der Waals surface area contributed by atoms with E-state index in [1.165, 1.54) is 38.6 Å². The molecule has 1 atom stereocenters. The second kappa shape index (κ2) is 5.26. The molecule has 110 valence electrons. The smallest absolute Gasteiger partial charge is 0.0588 e. The molecule has 1 heterocycles. The Hall–Kier alpha value is -2.12. The predicted octanol–water partition coefficient (Wildman–Crippen LogP) is 4.69. The van der Waals surface area contributed by atoms with Gasteiger partial charge in [0.25, 0.3) is 0 Å². The lowest BCUT2D eigenvalue weighted by Gasteiger charge is -2.29. The van der Waals surface area contributed by atoms with Gasteiger partial charge in [0.15, 0.2) is 0 Å². The lowest BCUT2D eigenvalue weighted by Crippen LogP contribution is -2.31. The third-order valence-electron chi connectivity index (χ3n) is 4.83. The topological polar surface area (TPSA) is 12.0 Å². The van der Waals surface area contributed by atoms with E-state index in [1.54, 1.807) is 0 Å². The van der Waals surface area contributed by atoms with Gasteiger partial charge in [0.2, 0.25) is 0 Å². The van der Waals surface area contributed by atoms with Crippen LogP contribution in [0.4, 0.5) is 0 Å². The van der Waals surface area contributed by atoms with Crippen LogP contribution in [0.1, 0.15) is 33.9 Å². The van der Waals surface area contributed by atoms with Crippen molar-refractivity contribution in [2.45, 2.75) is 26.3 Å². The van der Waals surface area contributed by atoms with Crippen LogP contribution in [0.25, 0.3) is 10.8 Å². The molecular formula is C21H21N. The number of fused-ring (bicyclic) bond motifs is 2. The first kappa shape index (κ1) is 13.5. The maximum absolute atomic E-state index is 3.74. The van der Waals surface area contributed by atoms with E-state index >= 15 is 0 Å². The molecule has 0 bridgehead atoms. The first-order valence-electron chi connectivity index (χ1n) is 8.05. The van der Waals surface area contributed by atoms with E-state index in [0.29, 0.717) is 6.04 Å². The molecule has 3 aromatic carbocycles. The predicted molar refractivity (Wildman–Crippen MR) is 93.4 cm³/mol. The number of hydrogen-bond acceptors (Lipinski definition) is 1. The van der Waals surface area contributed by atoms with E-state index in [0.717, 1.165) is 13.0 Å². The second-order valence-electron chi connectivity index (χ2n) is 6.36. The Bertz CT molecular complexity index is 848. The third-order valence-corrected chi connectivity index (χ3v) is 4.83. The molecule has 0 aliphatic carbocycles. The summed E-state index contributed by atoms with van der Waals surface area (Å²) in [6, 6.07) is 20.5. The standard InChI is InChI=1S/C21H21N/c1-14-7-10-18-17(13-14)9-8-15(2)20(18)21-19-6-4-3-5-16(19)11-12-22-21/h3-10,13,21-22H,11-12H2,1-2H3. The van der Waals surface area contributed by atoms with E-state index in [-0.39, 0.29) is 0 Å². The summed E-state index contributed by atoms with van der Waals surface area (Å²) in [5, 5.41) is 6.45. The molecule has 0 spiro atoms. The van der Waals surface area contributed by atoms with Gasteiger partial charge in [-0.3, -0.25) is 0 Å².